The number of hydrogen-bond acceptors (Lipinski definition) is 1. The average molecular weight is 112 g/mol. The molecular weight excluding hydrogens is 98.1 g/mol. The maximum Gasteiger partial charge on any atom is 0.0109 e. The molecule has 1 saturated heterocycles. The van der Waals surface area contributed by atoms with E-state index < -0.39 is 0 Å². The first-order valence-corrected chi connectivity index (χ1v) is 3.34. The Morgan fingerprint density at radius 3 is 2.75 bits per heavy atom. The fourth-order valence-electron chi connectivity index (χ4n) is 1.29. The van der Waals surface area contributed by atoms with Crippen LogP contribution in [0.1, 0.15) is 19.8 Å². The normalized spacial score (nSPS) is 33.0. The smallest absolute Gasteiger partial charge is 0.0109 e. The van der Waals surface area contributed by atoms with Gasteiger partial charge in [-0.15, -0.1) is 0 Å². The Hall–Kier alpha value is -0.0400. The van der Waals surface area contributed by atoms with E-state index in [9.17, 15) is 0 Å². The summed E-state index contributed by atoms with van der Waals surface area (Å²) in [5.74, 6) is 0.876. The van der Waals surface area contributed by atoms with Gasteiger partial charge in [-0.05, 0) is 25.3 Å². The van der Waals surface area contributed by atoms with Crippen molar-refractivity contribution in [2.75, 3.05) is 13.1 Å². The molecule has 0 unspecified atom stereocenters. The van der Waals surface area contributed by atoms with Gasteiger partial charge in [-0.3, -0.25) is 0 Å². The number of likely N-dealkylation sites (tertiary alicyclic amines) is 1. The number of hydrogen-bond donors (Lipinski definition) is 0. The molecular formula is C7H14N. The van der Waals surface area contributed by atoms with Crippen LogP contribution in [0.4, 0.5) is 0 Å². The van der Waals surface area contributed by atoms with Crippen molar-refractivity contribution in [3.05, 3.63) is 7.05 Å². The van der Waals surface area contributed by atoms with Gasteiger partial charge in [0.1, 0.15) is 0 Å². The summed E-state index contributed by atoms with van der Waals surface area (Å²) < 4.78 is 0. The third kappa shape index (κ3) is 1.48. The highest BCUT2D eigenvalue weighted by Gasteiger charge is 2.11. The number of piperidine rings is 1. The third-order valence-electron chi connectivity index (χ3n) is 1.74. The van der Waals surface area contributed by atoms with E-state index in [1.54, 1.807) is 0 Å². The molecule has 1 aliphatic rings. The van der Waals surface area contributed by atoms with Crippen molar-refractivity contribution in [2.24, 2.45) is 5.92 Å². The van der Waals surface area contributed by atoms with Gasteiger partial charge in [0.15, 0.2) is 0 Å². The molecule has 0 spiro atoms. The molecule has 1 nitrogen and oxygen atoms in total. The molecule has 0 amide bonds. The molecule has 47 valence electrons. The van der Waals surface area contributed by atoms with Gasteiger partial charge >= 0.3 is 0 Å². The van der Waals surface area contributed by atoms with Gasteiger partial charge in [-0.25, -0.2) is 0 Å². The lowest BCUT2D eigenvalue weighted by Gasteiger charge is -2.26. The molecule has 1 fully saturated rings. The minimum Gasteiger partial charge on any atom is -0.302 e. The van der Waals surface area contributed by atoms with E-state index in [4.69, 9.17) is 0 Å². The zero-order valence-corrected chi connectivity index (χ0v) is 5.56. The summed E-state index contributed by atoms with van der Waals surface area (Å²) in [7, 11) is 3.88. The Kier molecular flexibility index (Phi) is 1.90. The Bertz CT molecular complexity index is 62.8. The molecule has 0 bridgehead atoms. The van der Waals surface area contributed by atoms with E-state index in [1.165, 1.54) is 25.9 Å². The van der Waals surface area contributed by atoms with Gasteiger partial charge in [0.25, 0.3) is 0 Å². The number of rotatable bonds is 0. The molecule has 8 heavy (non-hydrogen) atoms. The van der Waals surface area contributed by atoms with Crippen LogP contribution in [0.25, 0.3) is 0 Å². The SMILES string of the molecule is [CH2]N1CCC[C@H](C)C1. The Balaban J connectivity index is 2.23. The van der Waals surface area contributed by atoms with Crippen LogP contribution < -0.4 is 0 Å². The van der Waals surface area contributed by atoms with E-state index in [2.05, 4.69) is 18.9 Å². The van der Waals surface area contributed by atoms with Crippen molar-refractivity contribution in [1.82, 2.24) is 4.90 Å². The number of nitrogens with zero attached hydrogens (tertiary/aromatic N) is 1. The van der Waals surface area contributed by atoms with Gasteiger partial charge in [0.05, 0.1) is 0 Å². The largest absolute Gasteiger partial charge is 0.302 e. The standard InChI is InChI=1S/C7H14N/c1-7-4-3-5-8(2)6-7/h7H,2-6H2,1H3/t7-/m0/s1. The minimum atomic E-state index is 0.876. The summed E-state index contributed by atoms with van der Waals surface area (Å²) in [6.45, 7) is 4.68. The zero-order valence-electron chi connectivity index (χ0n) is 5.56. The molecule has 1 rings (SSSR count). The minimum absolute atomic E-state index is 0.876. The molecule has 1 heterocycles. The third-order valence-corrected chi connectivity index (χ3v) is 1.74. The summed E-state index contributed by atoms with van der Waals surface area (Å²) in [4.78, 5) is 2.16. The van der Waals surface area contributed by atoms with Gasteiger partial charge in [0.2, 0.25) is 0 Å². The van der Waals surface area contributed by atoms with Crippen molar-refractivity contribution in [3.63, 3.8) is 0 Å². The maximum absolute atomic E-state index is 3.88. The fraction of sp³-hybridized carbons (Fsp3) is 0.857. The van der Waals surface area contributed by atoms with Crippen LogP contribution in [0.2, 0.25) is 0 Å². The van der Waals surface area contributed by atoms with Gasteiger partial charge in [-0.1, -0.05) is 6.92 Å². The Morgan fingerprint density at radius 1 is 1.62 bits per heavy atom. The van der Waals surface area contributed by atoms with Crippen LogP contribution in [-0.2, 0) is 0 Å². The van der Waals surface area contributed by atoms with Crippen LogP contribution in [0, 0.1) is 13.0 Å². The van der Waals surface area contributed by atoms with E-state index in [-0.39, 0.29) is 0 Å². The second kappa shape index (κ2) is 2.49. The molecule has 0 aliphatic carbocycles. The predicted octanol–water partition coefficient (Wildman–Crippen LogP) is 1.51. The lowest BCUT2D eigenvalue weighted by atomic mass is 10.0. The molecule has 1 radical (unpaired) electrons. The summed E-state index contributed by atoms with van der Waals surface area (Å²) >= 11 is 0. The average Bonchev–Trinajstić information content (AvgIpc) is 1.64. The first-order chi connectivity index (χ1) is 3.79. The van der Waals surface area contributed by atoms with Crippen LogP contribution in [0.15, 0.2) is 0 Å². The van der Waals surface area contributed by atoms with Crippen molar-refractivity contribution in [3.8, 4) is 0 Å². The van der Waals surface area contributed by atoms with Crippen LogP contribution in [0.5, 0.6) is 0 Å². The Morgan fingerprint density at radius 2 is 2.38 bits per heavy atom. The second-order valence-electron chi connectivity index (χ2n) is 2.82. The van der Waals surface area contributed by atoms with Gasteiger partial charge in [-0.2, -0.15) is 0 Å². The first kappa shape index (κ1) is 6.09. The summed E-state index contributed by atoms with van der Waals surface area (Å²) in [5.41, 5.74) is 0. The van der Waals surface area contributed by atoms with E-state index in [0.29, 0.717) is 0 Å². The topological polar surface area (TPSA) is 3.24 Å². The predicted molar refractivity (Wildman–Crippen MR) is 35.3 cm³/mol. The molecule has 0 N–H and O–H groups in total. The van der Waals surface area contributed by atoms with Crippen molar-refractivity contribution >= 4 is 0 Å². The molecule has 1 heteroatoms. The van der Waals surface area contributed by atoms with Crippen LogP contribution in [-0.4, -0.2) is 18.0 Å². The van der Waals surface area contributed by atoms with Crippen LogP contribution in [0.3, 0.4) is 0 Å². The molecule has 1 atom stereocenters. The van der Waals surface area contributed by atoms with Crippen LogP contribution >= 0.6 is 0 Å². The molecule has 0 aromatic carbocycles. The summed E-state index contributed by atoms with van der Waals surface area (Å²) in [6.07, 6.45) is 2.73. The lowest BCUT2D eigenvalue weighted by molar-refractivity contribution is 0.244. The van der Waals surface area contributed by atoms with E-state index in [0.717, 1.165) is 5.92 Å². The van der Waals surface area contributed by atoms with E-state index in [1.807, 2.05) is 0 Å². The molecule has 1 aliphatic heterocycles. The van der Waals surface area contributed by atoms with E-state index >= 15 is 0 Å². The maximum atomic E-state index is 3.88. The van der Waals surface area contributed by atoms with Gasteiger partial charge < -0.3 is 4.90 Å². The lowest BCUT2D eigenvalue weighted by Crippen LogP contribution is -2.28. The highest BCUT2D eigenvalue weighted by molar-refractivity contribution is 4.67. The molecule has 0 saturated carbocycles. The van der Waals surface area contributed by atoms with Gasteiger partial charge in [0, 0.05) is 13.6 Å². The van der Waals surface area contributed by atoms with Crippen molar-refractivity contribution in [1.29, 1.82) is 0 Å². The fourth-order valence-corrected chi connectivity index (χ4v) is 1.29. The zero-order chi connectivity index (χ0) is 5.98. The van der Waals surface area contributed by atoms with Crippen molar-refractivity contribution < 1.29 is 0 Å². The quantitative estimate of drug-likeness (QED) is 0.459. The highest BCUT2D eigenvalue weighted by Crippen LogP contribution is 2.13. The monoisotopic (exact) mass is 112 g/mol. The second-order valence-corrected chi connectivity index (χ2v) is 2.82. The van der Waals surface area contributed by atoms with Crippen molar-refractivity contribution in [2.45, 2.75) is 19.8 Å². The molecule has 0 aromatic heterocycles. The Labute approximate surface area is 51.7 Å². The first-order valence-electron chi connectivity index (χ1n) is 3.34. The summed E-state index contributed by atoms with van der Waals surface area (Å²) in [6, 6.07) is 0. The highest BCUT2D eigenvalue weighted by atomic mass is 15.1. The molecule has 0 aromatic rings. The summed E-state index contributed by atoms with van der Waals surface area (Å²) in [5, 5.41) is 0.